The van der Waals surface area contributed by atoms with Crippen LogP contribution in [0.15, 0.2) is 89.2 Å². The highest BCUT2D eigenvalue weighted by atomic mass is 32.1. The van der Waals surface area contributed by atoms with E-state index in [1.807, 2.05) is 60.0 Å². The Balaban J connectivity index is 1.16. The average Bonchev–Trinajstić information content (AvgIpc) is 3.69. The Labute approximate surface area is 220 Å². The number of fused-ring (bicyclic) bond motifs is 1. The van der Waals surface area contributed by atoms with Crippen molar-refractivity contribution in [3.8, 4) is 22.6 Å². The lowest BCUT2D eigenvalue weighted by atomic mass is 10.1. The molecule has 6 aromatic rings. The summed E-state index contributed by atoms with van der Waals surface area (Å²) in [5.74, 6) is 0.266. The molecule has 3 aromatic carbocycles. The lowest BCUT2D eigenvalue weighted by Crippen LogP contribution is -2.24. The van der Waals surface area contributed by atoms with Gasteiger partial charge in [0.05, 0.1) is 6.54 Å². The fourth-order valence-electron chi connectivity index (χ4n) is 4.15. The third-order valence-corrected chi connectivity index (χ3v) is 6.72. The fraction of sp³-hybridized carbons (Fsp3) is 0.0741. The van der Waals surface area contributed by atoms with E-state index in [1.54, 1.807) is 29.0 Å². The summed E-state index contributed by atoms with van der Waals surface area (Å²) in [7, 11) is 0. The maximum absolute atomic E-state index is 13.3. The van der Waals surface area contributed by atoms with Gasteiger partial charge >= 0.3 is 0 Å². The molecule has 0 saturated carbocycles. The van der Waals surface area contributed by atoms with Gasteiger partial charge in [-0.3, -0.25) is 9.59 Å². The first-order valence-electron chi connectivity index (χ1n) is 11.7. The zero-order valence-corrected chi connectivity index (χ0v) is 20.7. The molecule has 3 heterocycles. The van der Waals surface area contributed by atoms with Gasteiger partial charge in [0.1, 0.15) is 5.69 Å². The molecule has 6 rings (SSSR count). The summed E-state index contributed by atoms with van der Waals surface area (Å²) < 4.78 is 5.52. The number of hydrogen-bond donors (Lipinski definition) is 2. The van der Waals surface area contributed by atoms with Gasteiger partial charge in [-0.15, -0.1) is 15.3 Å². The number of hydrogen-bond acceptors (Lipinski definition) is 8. The normalized spacial score (nSPS) is 11.1. The Hall–Kier alpha value is -5.03. The van der Waals surface area contributed by atoms with E-state index in [1.165, 1.54) is 11.5 Å². The molecule has 11 heteroatoms. The Bertz CT molecular complexity index is 1760. The molecule has 0 spiro atoms. The van der Waals surface area contributed by atoms with E-state index < -0.39 is 0 Å². The summed E-state index contributed by atoms with van der Waals surface area (Å²) in [6.45, 7) is 0.760. The number of benzene rings is 3. The number of amides is 1. The molecule has 0 bridgehead atoms. The second-order valence-corrected chi connectivity index (χ2v) is 9.26. The van der Waals surface area contributed by atoms with Crippen molar-refractivity contribution < 1.29 is 4.79 Å². The van der Waals surface area contributed by atoms with E-state index in [0.717, 1.165) is 33.3 Å². The molecule has 0 radical (unpaired) electrons. The van der Waals surface area contributed by atoms with Crippen LogP contribution in [0.2, 0.25) is 0 Å². The molecule has 0 saturated heterocycles. The van der Waals surface area contributed by atoms with Crippen molar-refractivity contribution in [1.29, 1.82) is 0 Å². The molecule has 1 amide bonds. The smallest absolute Gasteiger partial charge is 0.258 e. The summed E-state index contributed by atoms with van der Waals surface area (Å²) in [4.78, 5) is 26.1. The van der Waals surface area contributed by atoms with Crippen molar-refractivity contribution in [2.45, 2.75) is 13.1 Å². The topological polar surface area (TPSA) is 131 Å². The number of aromatic amines is 1. The Morgan fingerprint density at radius 2 is 1.71 bits per heavy atom. The monoisotopic (exact) mass is 520 g/mol. The van der Waals surface area contributed by atoms with Crippen LogP contribution in [0.5, 0.6) is 0 Å². The van der Waals surface area contributed by atoms with Gasteiger partial charge in [0.15, 0.2) is 0 Å². The molecule has 0 aliphatic carbocycles. The van der Waals surface area contributed by atoms with Crippen LogP contribution in [-0.4, -0.2) is 40.7 Å². The van der Waals surface area contributed by atoms with E-state index in [0.29, 0.717) is 29.9 Å². The van der Waals surface area contributed by atoms with Gasteiger partial charge < -0.3 is 9.88 Å². The number of carbonyl (C=O) groups is 1. The van der Waals surface area contributed by atoms with Crippen molar-refractivity contribution in [2.75, 3.05) is 0 Å². The van der Waals surface area contributed by atoms with Crippen LogP contribution in [-0.2, 0) is 13.1 Å². The largest absolute Gasteiger partial charge is 0.348 e. The third kappa shape index (κ3) is 4.82. The first kappa shape index (κ1) is 23.4. The number of rotatable bonds is 7. The summed E-state index contributed by atoms with van der Waals surface area (Å²) in [5, 5.41) is 24.1. The van der Waals surface area contributed by atoms with E-state index >= 15 is 0 Å². The van der Waals surface area contributed by atoms with Crippen molar-refractivity contribution in [1.82, 2.24) is 40.1 Å². The van der Waals surface area contributed by atoms with Crippen LogP contribution in [0.3, 0.4) is 0 Å². The van der Waals surface area contributed by atoms with Gasteiger partial charge in [-0.05, 0) is 51.5 Å². The predicted molar refractivity (Wildman–Crippen MR) is 143 cm³/mol. The number of tetrazole rings is 1. The number of carbonyl (C=O) groups excluding carboxylic acids is 1. The molecule has 0 unspecified atom stereocenters. The first-order valence-corrected chi connectivity index (χ1v) is 12.6. The van der Waals surface area contributed by atoms with E-state index in [4.69, 9.17) is 0 Å². The number of nitrogens with zero attached hydrogens (tertiary/aromatic N) is 6. The Kier molecular flexibility index (Phi) is 6.24. The Morgan fingerprint density at radius 3 is 2.45 bits per heavy atom. The van der Waals surface area contributed by atoms with Crippen molar-refractivity contribution in [3.05, 3.63) is 111 Å². The SMILES string of the molecule is O=C(NCc1ccc(-c2csnn2)cc1)c1ccc2ccn(Cc3ccc(-c4nn[nH]n4)cc3)c(=O)c2c1. The number of pyridine rings is 1. The summed E-state index contributed by atoms with van der Waals surface area (Å²) in [6.07, 6.45) is 1.77. The highest BCUT2D eigenvalue weighted by Gasteiger charge is 2.11. The molecule has 3 aromatic heterocycles. The number of nitrogens with one attached hydrogen (secondary N) is 2. The molecule has 0 atom stereocenters. The van der Waals surface area contributed by atoms with Crippen LogP contribution < -0.4 is 10.9 Å². The van der Waals surface area contributed by atoms with Crippen molar-refractivity contribution in [2.24, 2.45) is 0 Å². The second kappa shape index (κ2) is 10.1. The Morgan fingerprint density at radius 1 is 0.921 bits per heavy atom. The fourth-order valence-corrected chi connectivity index (χ4v) is 4.62. The van der Waals surface area contributed by atoms with Crippen LogP contribution in [0, 0.1) is 0 Å². The molecule has 0 aliphatic rings. The van der Waals surface area contributed by atoms with E-state index in [9.17, 15) is 9.59 Å². The van der Waals surface area contributed by atoms with E-state index in [2.05, 4.69) is 35.5 Å². The second-order valence-electron chi connectivity index (χ2n) is 8.65. The molecule has 186 valence electrons. The van der Waals surface area contributed by atoms with Gasteiger partial charge in [-0.2, -0.15) is 5.21 Å². The molecular formula is C27H20N8O2S. The summed E-state index contributed by atoms with van der Waals surface area (Å²) in [5.41, 5.74) is 4.81. The van der Waals surface area contributed by atoms with Crippen molar-refractivity contribution in [3.63, 3.8) is 0 Å². The highest BCUT2D eigenvalue weighted by Crippen LogP contribution is 2.19. The predicted octanol–water partition coefficient (Wildman–Crippen LogP) is 3.68. The standard InChI is InChI=1S/C27H20N8O2S/c36-26(28-14-17-1-5-20(6-2-17)24-16-38-34-29-24)22-10-9-19-11-12-35(27(37)23(19)13-22)15-18-3-7-21(8-4-18)25-30-32-33-31-25/h1-13,16H,14-15H2,(H,28,36)(H,30,31,32,33). The zero-order valence-electron chi connectivity index (χ0n) is 19.9. The zero-order chi connectivity index (χ0) is 25.9. The van der Waals surface area contributed by atoms with Crippen molar-refractivity contribution >= 4 is 28.2 Å². The maximum atomic E-state index is 13.3. The molecular weight excluding hydrogens is 500 g/mol. The minimum absolute atomic E-state index is 0.161. The quantitative estimate of drug-likeness (QED) is 0.328. The van der Waals surface area contributed by atoms with Crippen LogP contribution in [0.25, 0.3) is 33.4 Å². The number of H-pyrrole nitrogens is 1. The average molecular weight is 521 g/mol. The van der Waals surface area contributed by atoms with Gasteiger partial charge in [0, 0.05) is 40.2 Å². The van der Waals surface area contributed by atoms with Crippen LogP contribution in [0.4, 0.5) is 0 Å². The van der Waals surface area contributed by atoms with Gasteiger partial charge in [-0.1, -0.05) is 59.1 Å². The third-order valence-electron chi connectivity index (χ3n) is 6.21. The van der Waals surface area contributed by atoms with Crippen LogP contribution in [0.1, 0.15) is 21.5 Å². The molecule has 38 heavy (non-hydrogen) atoms. The lowest BCUT2D eigenvalue weighted by Gasteiger charge is -2.10. The maximum Gasteiger partial charge on any atom is 0.258 e. The minimum atomic E-state index is -0.244. The van der Waals surface area contributed by atoms with Gasteiger partial charge in [-0.25, -0.2) is 0 Å². The van der Waals surface area contributed by atoms with Gasteiger partial charge in [0.25, 0.3) is 11.5 Å². The van der Waals surface area contributed by atoms with Crippen LogP contribution >= 0.6 is 11.5 Å². The molecule has 0 aliphatic heterocycles. The molecule has 10 nitrogen and oxygen atoms in total. The first-order chi connectivity index (χ1) is 18.6. The summed E-state index contributed by atoms with van der Waals surface area (Å²) >= 11 is 1.30. The molecule has 0 fully saturated rings. The van der Waals surface area contributed by atoms with Gasteiger partial charge in [0.2, 0.25) is 5.82 Å². The summed E-state index contributed by atoms with van der Waals surface area (Å²) in [6, 6.07) is 22.5. The molecule has 2 N–H and O–H groups in total. The lowest BCUT2D eigenvalue weighted by molar-refractivity contribution is 0.0951. The van der Waals surface area contributed by atoms with E-state index in [-0.39, 0.29) is 11.5 Å². The highest BCUT2D eigenvalue weighted by molar-refractivity contribution is 7.03. The minimum Gasteiger partial charge on any atom is -0.348 e. The number of aromatic nitrogens is 7.